The Morgan fingerprint density at radius 2 is 1.91 bits per heavy atom. The summed E-state index contributed by atoms with van der Waals surface area (Å²) in [6.45, 7) is 3.88. The summed E-state index contributed by atoms with van der Waals surface area (Å²) < 4.78 is 0. The van der Waals surface area contributed by atoms with Crippen LogP contribution in [0.3, 0.4) is 0 Å². The molecule has 1 aromatic carbocycles. The molecule has 0 aliphatic heterocycles. The minimum Gasteiger partial charge on any atom is -0.356 e. The Morgan fingerprint density at radius 3 is 2.52 bits per heavy atom. The molecule has 6 heteroatoms. The highest BCUT2D eigenvalue weighted by Gasteiger charge is 2.08. The summed E-state index contributed by atoms with van der Waals surface area (Å²) in [6, 6.07) is 7.78. The molecule has 0 fully saturated rings. The van der Waals surface area contributed by atoms with Gasteiger partial charge in [-0.2, -0.15) is 0 Å². The van der Waals surface area contributed by atoms with E-state index in [1.165, 1.54) is 0 Å². The maximum absolute atomic E-state index is 12.0. The number of amides is 1. The van der Waals surface area contributed by atoms with Crippen LogP contribution >= 0.6 is 24.0 Å². The van der Waals surface area contributed by atoms with E-state index in [0.29, 0.717) is 0 Å². The minimum atomic E-state index is 0. The Balaban J connectivity index is 0.00000484. The third-order valence-electron chi connectivity index (χ3n) is 3.33. The fourth-order valence-corrected chi connectivity index (χ4v) is 2.05. The van der Waals surface area contributed by atoms with Crippen molar-refractivity contribution in [3.63, 3.8) is 0 Å². The number of unbranched alkanes of at least 4 members (excludes halogenated alkanes) is 1. The van der Waals surface area contributed by atoms with Crippen molar-refractivity contribution in [2.45, 2.75) is 26.2 Å². The number of guanidine groups is 1. The first-order valence-corrected chi connectivity index (χ1v) is 7.83. The lowest BCUT2D eigenvalue weighted by atomic mass is 10.1. The van der Waals surface area contributed by atoms with Gasteiger partial charge in [0.25, 0.3) is 5.91 Å². The highest BCUT2D eigenvalue weighted by atomic mass is 127. The fourth-order valence-electron chi connectivity index (χ4n) is 2.05. The van der Waals surface area contributed by atoms with Crippen LogP contribution in [0.5, 0.6) is 0 Å². The van der Waals surface area contributed by atoms with Crippen LogP contribution in [0.2, 0.25) is 0 Å². The standard InChI is InChI=1S/C17H28N4O.HI/c1-5-6-11-19-17(18-2)20-12-10-14-8-7-9-15(13-14)16(22)21(3)4;/h7-9,13H,5-6,10-12H2,1-4H3,(H2,18,19,20);1H. The third kappa shape index (κ3) is 8.20. The summed E-state index contributed by atoms with van der Waals surface area (Å²) in [5, 5.41) is 6.57. The van der Waals surface area contributed by atoms with Crippen molar-refractivity contribution >= 4 is 35.8 Å². The number of hydrogen-bond acceptors (Lipinski definition) is 2. The molecule has 23 heavy (non-hydrogen) atoms. The van der Waals surface area contributed by atoms with Crippen molar-refractivity contribution in [2.75, 3.05) is 34.2 Å². The molecule has 0 atom stereocenters. The van der Waals surface area contributed by atoms with E-state index in [-0.39, 0.29) is 29.9 Å². The van der Waals surface area contributed by atoms with Crippen LogP contribution in [0.25, 0.3) is 0 Å². The number of carbonyl (C=O) groups is 1. The fraction of sp³-hybridized carbons (Fsp3) is 0.529. The average molecular weight is 432 g/mol. The molecule has 130 valence electrons. The summed E-state index contributed by atoms with van der Waals surface area (Å²) in [5.74, 6) is 0.862. The molecular formula is C17H29IN4O. The molecule has 5 nitrogen and oxygen atoms in total. The molecule has 0 aromatic heterocycles. The van der Waals surface area contributed by atoms with E-state index in [0.717, 1.165) is 49.4 Å². The van der Waals surface area contributed by atoms with Gasteiger partial charge in [-0.3, -0.25) is 9.79 Å². The zero-order valence-corrected chi connectivity index (χ0v) is 16.9. The molecule has 0 radical (unpaired) electrons. The average Bonchev–Trinajstić information content (AvgIpc) is 2.53. The third-order valence-corrected chi connectivity index (χ3v) is 3.33. The van der Waals surface area contributed by atoms with E-state index in [1.54, 1.807) is 26.0 Å². The van der Waals surface area contributed by atoms with E-state index < -0.39 is 0 Å². The van der Waals surface area contributed by atoms with Crippen molar-refractivity contribution in [3.8, 4) is 0 Å². The minimum absolute atomic E-state index is 0. The Bertz CT molecular complexity index is 503. The number of nitrogens with one attached hydrogen (secondary N) is 2. The molecule has 0 heterocycles. The van der Waals surface area contributed by atoms with E-state index in [1.807, 2.05) is 24.3 Å². The molecule has 1 rings (SSSR count). The van der Waals surface area contributed by atoms with Crippen LogP contribution in [0, 0.1) is 0 Å². The lowest BCUT2D eigenvalue weighted by Crippen LogP contribution is -2.38. The first kappa shape index (κ1) is 21.7. The zero-order chi connectivity index (χ0) is 16.4. The highest BCUT2D eigenvalue weighted by Crippen LogP contribution is 2.07. The van der Waals surface area contributed by atoms with Gasteiger partial charge in [-0.05, 0) is 30.5 Å². The van der Waals surface area contributed by atoms with Crippen molar-refractivity contribution in [2.24, 2.45) is 4.99 Å². The lowest BCUT2D eigenvalue weighted by molar-refractivity contribution is 0.0827. The first-order valence-electron chi connectivity index (χ1n) is 7.83. The quantitative estimate of drug-likeness (QED) is 0.301. The van der Waals surface area contributed by atoms with Crippen molar-refractivity contribution in [1.29, 1.82) is 0 Å². The number of aliphatic imine (C=N–C) groups is 1. The molecule has 2 N–H and O–H groups in total. The van der Waals surface area contributed by atoms with Crippen LogP contribution < -0.4 is 10.6 Å². The lowest BCUT2D eigenvalue weighted by Gasteiger charge is -2.13. The topological polar surface area (TPSA) is 56.7 Å². The molecule has 0 saturated carbocycles. The zero-order valence-electron chi connectivity index (χ0n) is 14.6. The van der Waals surface area contributed by atoms with E-state index in [2.05, 4.69) is 22.5 Å². The molecule has 0 saturated heterocycles. The molecule has 1 aromatic rings. The van der Waals surface area contributed by atoms with Gasteiger partial charge in [0.05, 0.1) is 0 Å². The van der Waals surface area contributed by atoms with Gasteiger partial charge in [0, 0.05) is 39.8 Å². The second-order valence-corrected chi connectivity index (χ2v) is 5.43. The second-order valence-electron chi connectivity index (χ2n) is 5.43. The monoisotopic (exact) mass is 432 g/mol. The van der Waals surface area contributed by atoms with E-state index >= 15 is 0 Å². The Kier molecular flexibility index (Phi) is 11.5. The van der Waals surface area contributed by atoms with Gasteiger partial charge in [0.1, 0.15) is 0 Å². The van der Waals surface area contributed by atoms with Gasteiger partial charge in [0.2, 0.25) is 0 Å². The molecule has 1 amide bonds. The van der Waals surface area contributed by atoms with Crippen molar-refractivity contribution in [1.82, 2.24) is 15.5 Å². The molecule has 0 aliphatic carbocycles. The number of halogens is 1. The van der Waals surface area contributed by atoms with Crippen LogP contribution in [0.4, 0.5) is 0 Å². The van der Waals surface area contributed by atoms with Crippen LogP contribution in [0.15, 0.2) is 29.3 Å². The summed E-state index contributed by atoms with van der Waals surface area (Å²) in [5.41, 5.74) is 1.87. The van der Waals surface area contributed by atoms with Crippen molar-refractivity contribution < 1.29 is 4.79 Å². The van der Waals surface area contributed by atoms with Crippen molar-refractivity contribution in [3.05, 3.63) is 35.4 Å². The van der Waals surface area contributed by atoms with Gasteiger partial charge in [-0.25, -0.2) is 0 Å². The Labute approximate surface area is 157 Å². The summed E-state index contributed by atoms with van der Waals surface area (Å²) >= 11 is 0. The maximum Gasteiger partial charge on any atom is 0.253 e. The predicted octanol–water partition coefficient (Wildman–Crippen LogP) is 2.51. The van der Waals surface area contributed by atoms with Crippen LogP contribution in [-0.2, 0) is 6.42 Å². The summed E-state index contributed by atoms with van der Waals surface area (Å²) in [7, 11) is 5.31. The highest BCUT2D eigenvalue weighted by molar-refractivity contribution is 14.0. The first-order chi connectivity index (χ1) is 10.6. The van der Waals surface area contributed by atoms with Gasteiger partial charge < -0.3 is 15.5 Å². The maximum atomic E-state index is 12.0. The van der Waals surface area contributed by atoms with Crippen LogP contribution in [0.1, 0.15) is 35.7 Å². The normalized spacial score (nSPS) is 10.7. The van der Waals surface area contributed by atoms with Gasteiger partial charge in [0.15, 0.2) is 5.96 Å². The smallest absolute Gasteiger partial charge is 0.253 e. The number of nitrogens with zero attached hydrogens (tertiary/aromatic N) is 2. The number of carbonyl (C=O) groups excluding carboxylic acids is 1. The number of hydrogen-bond donors (Lipinski definition) is 2. The van der Waals surface area contributed by atoms with Crippen LogP contribution in [-0.4, -0.2) is 51.0 Å². The molecule has 0 aliphatic rings. The number of rotatable bonds is 7. The Morgan fingerprint density at radius 1 is 1.22 bits per heavy atom. The predicted molar refractivity (Wildman–Crippen MR) is 108 cm³/mol. The number of benzene rings is 1. The SMILES string of the molecule is CCCCNC(=NC)NCCc1cccc(C(=O)N(C)C)c1.I. The summed E-state index contributed by atoms with van der Waals surface area (Å²) in [6.07, 6.45) is 3.15. The second kappa shape index (κ2) is 12.2. The van der Waals surface area contributed by atoms with Gasteiger partial charge in [-0.1, -0.05) is 25.5 Å². The summed E-state index contributed by atoms with van der Waals surface area (Å²) in [4.78, 5) is 17.7. The Hall–Kier alpha value is -1.31. The van der Waals surface area contributed by atoms with E-state index in [4.69, 9.17) is 0 Å². The molecular weight excluding hydrogens is 403 g/mol. The van der Waals surface area contributed by atoms with Gasteiger partial charge in [-0.15, -0.1) is 24.0 Å². The molecule has 0 unspecified atom stereocenters. The largest absolute Gasteiger partial charge is 0.356 e. The van der Waals surface area contributed by atoms with E-state index in [9.17, 15) is 4.79 Å². The molecule has 0 spiro atoms. The molecule has 0 bridgehead atoms. The van der Waals surface area contributed by atoms with Gasteiger partial charge >= 0.3 is 0 Å².